The normalized spacial score (nSPS) is 14.4. The molecule has 0 aromatic heterocycles. The zero-order valence-corrected chi connectivity index (χ0v) is 51.6. The topological polar surface area (TPSA) is 347 Å². The van der Waals surface area contributed by atoms with Gasteiger partial charge in [-0.15, -0.1) is 0 Å². The fourth-order valence-electron chi connectivity index (χ4n) is 7.60. The summed E-state index contributed by atoms with van der Waals surface area (Å²) < 4.78 is 120. The first-order valence-corrected chi connectivity index (χ1v) is 28.9. The van der Waals surface area contributed by atoms with E-state index in [1.807, 2.05) is 0 Å². The van der Waals surface area contributed by atoms with E-state index in [0.717, 1.165) is 12.1 Å². The minimum Gasteiger partial charge on any atom is -0.744 e. The Hall–Kier alpha value is -7.96. The minimum absolute atomic E-state index is 0. The first kappa shape index (κ1) is 66.8. The molecule has 2 unspecified atom stereocenters. The van der Waals surface area contributed by atoms with Crippen LogP contribution in [0, 0.1) is 11.8 Å². The van der Waals surface area contributed by atoms with E-state index in [4.69, 9.17) is 0 Å². The third kappa shape index (κ3) is 20.7. The number of rotatable bonds is 14. The summed E-state index contributed by atoms with van der Waals surface area (Å²) in [5, 5.41) is 20.5. The second-order valence-corrected chi connectivity index (χ2v) is 21.7. The number of hydrogen-bond donors (Lipinski definition) is 8. The number of anilines is 6. The molecule has 0 saturated carbocycles. The summed E-state index contributed by atoms with van der Waals surface area (Å²) in [6.45, 7) is 0. The maximum atomic E-state index is 12.3. The maximum absolute atomic E-state index is 12.3. The van der Waals surface area contributed by atoms with Crippen LogP contribution >= 0.6 is 0 Å². The number of benzene rings is 6. The van der Waals surface area contributed by atoms with Crippen molar-refractivity contribution in [2.45, 2.75) is 9.79 Å². The van der Waals surface area contributed by atoms with E-state index in [1.54, 1.807) is 121 Å². The fourth-order valence-corrected chi connectivity index (χ4v) is 10.2. The Kier molecular flexibility index (Phi) is 25.2. The van der Waals surface area contributed by atoms with Gasteiger partial charge < -0.3 is 51.6 Å². The molecule has 2 atom stereocenters. The summed E-state index contributed by atoms with van der Waals surface area (Å²) in [5.41, 5.74) is 2.65. The van der Waals surface area contributed by atoms with Crippen LogP contribution in [-0.4, -0.2) is 76.6 Å². The van der Waals surface area contributed by atoms with E-state index in [-0.39, 0.29) is 103 Å². The Morgan fingerprint density at radius 1 is 0.393 bits per heavy atom. The van der Waals surface area contributed by atoms with Gasteiger partial charge in [-0.25, -0.2) is 36.0 Å². The first-order chi connectivity index (χ1) is 39.2. The number of para-hydroxylation sites is 4. The van der Waals surface area contributed by atoms with Gasteiger partial charge in [-0.3, -0.25) is 0 Å². The van der Waals surface area contributed by atoms with Crippen LogP contribution in [0.25, 0.3) is 12.2 Å². The zero-order chi connectivity index (χ0) is 58.8. The van der Waals surface area contributed by atoms with Crippen LogP contribution in [0.4, 0.5) is 53.3 Å². The molecule has 0 saturated heterocycles. The smallest absolute Gasteiger partial charge is 0.744 e. The maximum Gasteiger partial charge on any atom is 1.00 e. The standard InChI is InChI=1S/2C28H24N4O7S2.2Na/c2*33-27(29-21-7-3-1-4-8-21)31-23-15-13-19(25(17-23)40(35)36)11-12-20-14-16-24(18-26(20)41(37,38)39)32-28(34)30-22-9-5-2-6-10-22;;/h2*1-19H,(H2,29,31,33)(H2,30,32,34)(H,37,38,39);;/q;;2*+1/p-2/b2*12-11+;;. The van der Waals surface area contributed by atoms with Crippen molar-refractivity contribution in [2.75, 3.05) is 31.9 Å². The van der Waals surface area contributed by atoms with Crippen molar-refractivity contribution in [3.8, 4) is 0 Å². The molecule has 2 aliphatic rings. The van der Waals surface area contributed by atoms with Crippen LogP contribution < -0.4 is 102 Å². The first-order valence-electron chi connectivity index (χ1n) is 24.0. The Morgan fingerprint density at radius 3 is 0.940 bits per heavy atom. The molecule has 0 bridgehead atoms. The number of allylic oxidation sites excluding steroid dienone is 8. The van der Waals surface area contributed by atoms with E-state index in [2.05, 4.69) is 42.5 Å². The molecule has 0 heterocycles. The Labute approximate surface area is 530 Å². The second-order valence-electron chi connectivity index (χ2n) is 17.2. The van der Waals surface area contributed by atoms with Gasteiger partial charge in [0, 0.05) is 57.4 Å². The van der Waals surface area contributed by atoms with Gasteiger partial charge in [0.2, 0.25) is 20.6 Å². The fraction of sp³-hybridized carbons (Fsp3) is 0.0357. The summed E-state index contributed by atoms with van der Waals surface area (Å²) in [7, 11) is -15.3. The summed E-state index contributed by atoms with van der Waals surface area (Å²) in [4.78, 5) is 47.7. The van der Waals surface area contributed by atoms with Crippen LogP contribution in [0.3, 0.4) is 0 Å². The minimum atomic E-state index is -4.97. The molecule has 0 fully saturated rings. The van der Waals surface area contributed by atoms with Gasteiger partial charge in [0.05, 0.1) is 19.5 Å². The Balaban J connectivity index is 0.000000300. The van der Waals surface area contributed by atoms with Crippen molar-refractivity contribution in [2.24, 2.45) is 11.8 Å². The van der Waals surface area contributed by atoms with E-state index < -0.39 is 86.6 Å². The van der Waals surface area contributed by atoms with E-state index in [9.17, 15) is 62.0 Å². The molecule has 0 radical (unpaired) electrons. The van der Waals surface area contributed by atoms with Crippen LogP contribution in [0.15, 0.2) is 228 Å². The zero-order valence-electron chi connectivity index (χ0n) is 44.3. The van der Waals surface area contributed by atoms with Crippen LogP contribution in [-0.2, 0) is 40.8 Å². The molecule has 8 N–H and O–H groups in total. The summed E-state index contributed by atoms with van der Waals surface area (Å²) in [6, 6.07) is 39.4. The van der Waals surface area contributed by atoms with Crippen molar-refractivity contribution < 1.29 is 121 Å². The van der Waals surface area contributed by atoms with Gasteiger partial charge in [-0.2, -0.15) is 16.8 Å². The number of nitrogens with one attached hydrogen (secondary N) is 8. The predicted molar refractivity (Wildman–Crippen MR) is 312 cm³/mol. The number of carbonyl (C=O) groups excluding carboxylic acids is 4. The molecule has 28 heteroatoms. The molecule has 2 aliphatic carbocycles. The third-order valence-electron chi connectivity index (χ3n) is 11.3. The molecule has 84 heavy (non-hydrogen) atoms. The van der Waals surface area contributed by atoms with Gasteiger partial charge in [-0.05, 0) is 108 Å². The number of amides is 8. The van der Waals surface area contributed by atoms with Crippen molar-refractivity contribution in [1.82, 2.24) is 10.6 Å². The monoisotopic (exact) mass is 1230 g/mol. The van der Waals surface area contributed by atoms with Crippen LogP contribution in [0.5, 0.6) is 0 Å². The molecule has 0 spiro atoms. The molecule has 8 rings (SSSR count). The van der Waals surface area contributed by atoms with E-state index in [0.29, 0.717) is 22.7 Å². The van der Waals surface area contributed by atoms with Gasteiger partial charge in [-0.1, -0.05) is 121 Å². The Bertz CT molecular complexity index is 3870. The second kappa shape index (κ2) is 31.6. The largest absolute Gasteiger partial charge is 1.00 e. The molecule has 0 aliphatic heterocycles. The SMILES string of the molecule is O=C(NC1=CC(=S(=O)=O)C(/C=C/c2ccc(NC(=O)Nc3ccccc3)cc2S(=O)(=O)[O-])C=C1)Nc1ccccc1.O=C(NC1=CC(=S(=O)=O)C(/C=C/c2ccc(NC(=O)Nc3ccccc3)cc2S(=O)(=O)[O-])C=C1)Nc1ccccc1.[Na+].[Na+]. The van der Waals surface area contributed by atoms with Crippen molar-refractivity contribution in [1.29, 1.82) is 0 Å². The number of carbonyl (C=O) groups is 4. The van der Waals surface area contributed by atoms with Gasteiger partial charge in [0.25, 0.3) is 0 Å². The Morgan fingerprint density at radius 2 is 0.667 bits per heavy atom. The van der Waals surface area contributed by atoms with E-state index in [1.165, 1.54) is 85.0 Å². The molecular weight excluding hydrogens is 1180 g/mol. The summed E-state index contributed by atoms with van der Waals surface area (Å²) >= 11 is 0. The van der Waals surface area contributed by atoms with Crippen molar-refractivity contribution in [3.63, 3.8) is 0 Å². The van der Waals surface area contributed by atoms with Crippen molar-refractivity contribution >= 4 is 121 Å². The molecule has 22 nitrogen and oxygen atoms in total. The van der Waals surface area contributed by atoms with Crippen LogP contribution in [0.2, 0.25) is 0 Å². The quantitative estimate of drug-likeness (QED) is 0.0441. The average molecular weight is 1230 g/mol. The van der Waals surface area contributed by atoms with Crippen LogP contribution in [0.1, 0.15) is 11.1 Å². The molecule has 6 aromatic rings. The van der Waals surface area contributed by atoms with Gasteiger partial charge in [0.15, 0.2) is 0 Å². The van der Waals surface area contributed by atoms with Gasteiger partial charge in [0.1, 0.15) is 20.2 Å². The summed E-state index contributed by atoms with van der Waals surface area (Å²) in [5.74, 6) is -1.62. The molecule has 6 aromatic carbocycles. The molecule has 420 valence electrons. The third-order valence-corrected chi connectivity index (χ3v) is 14.6. The number of urea groups is 4. The van der Waals surface area contributed by atoms with Crippen molar-refractivity contribution in [3.05, 3.63) is 229 Å². The predicted octanol–water partition coefficient (Wildman–Crippen LogP) is 2.39. The summed E-state index contributed by atoms with van der Waals surface area (Å²) in [6.07, 6.45) is 13.9. The average Bonchev–Trinajstić information content (AvgIpc) is 3.51. The van der Waals surface area contributed by atoms with Gasteiger partial charge >= 0.3 is 83.2 Å². The molecular formula is C56H46N8Na2O14S4. The molecule has 8 amide bonds. The van der Waals surface area contributed by atoms with E-state index >= 15 is 0 Å². The number of hydrogen-bond acceptors (Lipinski definition) is 14.